The predicted molar refractivity (Wildman–Crippen MR) is 102 cm³/mol. The van der Waals surface area contributed by atoms with Gasteiger partial charge in [0.1, 0.15) is 6.54 Å². The molecular weight excluding hydrogens is 312 g/mol. The van der Waals surface area contributed by atoms with E-state index in [1.165, 1.54) is 6.07 Å². The van der Waals surface area contributed by atoms with E-state index in [0.717, 1.165) is 33.5 Å². The minimum atomic E-state index is -0.117. The molecule has 0 unspecified atom stereocenters. The number of carbonyl (C=O) groups excluding carboxylic acids is 1. The molecule has 128 valence electrons. The number of amides is 1. The predicted octanol–water partition coefficient (Wildman–Crippen LogP) is 3.87. The molecule has 1 N–H and O–H groups in total. The number of benzene rings is 2. The fourth-order valence-electron chi connectivity index (χ4n) is 3.35. The summed E-state index contributed by atoms with van der Waals surface area (Å²) in [5.74, 6) is -0.117. The fourth-order valence-corrected chi connectivity index (χ4v) is 3.35. The molecule has 1 aromatic heterocycles. The summed E-state index contributed by atoms with van der Waals surface area (Å²) in [7, 11) is 0. The standard InChI is InChI=1S/C21H22N2O2/c1-13-7-14(2)10-17(9-13)22-20(25)12-23-6-5-19(24)21-16(4)8-15(3)11-18(21)23/h5-11H,12H2,1-4H3,(H,22,25). The van der Waals surface area contributed by atoms with E-state index in [1.54, 1.807) is 6.20 Å². The Balaban J connectivity index is 1.94. The van der Waals surface area contributed by atoms with E-state index in [-0.39, 0.29) is 17.9 Å². The van der Waals surface area contributed by atoms with Gasteiger partial charge in [-0.25, -0.2) is 0 Å². The van der Waals surface area contributed by atoms with E-state index in [2.05, 4.69) is 11.4 Å². The van der Waals surface area contributed by atoms with Gasteiger partial charge in [-0.2, -0.15) is 0 Å². The largest absolute Gasteiger partial charge is 0.338 e. The van der Waals surface area contributed by atoms with Gasteiger partial charge in [-0.05, 0) is 68.1 Å². The van der Waals surface area contributed by atoms with Crippen LogP contribution in [0.2, 0.25) is 0 Å². The molecule has 0 atom stereocenters. The smallest absolute Gasteiger partial charge is 0.244 e. The Hall–Kier alpha value is -2.88. The average molecular weight is 334 g/mol. The molecule has 25 heavy (non-hydrogen) atoms. The Bertz CT molecular complexity index is 1010. The number of hydrogen-bond donors (Lipinski definition) is 1. The Morgan fingerprint density at radius 1 is 0.960 bits per heavy atom. The van der Waals surface area contributed by atoms with E-state index >= 15 is 0 Å². The van der Waals surface area contributed by atoms with Crippen LogP contribution in [0.1, 0.15) is 22.3 Å². The van der Waals surface area contributed by atoms with Gasteiger partial charge in [0.05, 0.1) is 5.52 Å². The number of rotatable bonds is 3. The third kappa shape index (κ3) is 3.63. The highest BCUT2D eigenvalue weighted by atomic mass is 16.2. The quantitative estimate of drug-likeness (QED) is 0.790. The Morgan fingerprint density at radius 2 is 1.60 bits per heavy atom. The van der Waals surface area contributed by atoms with Gasteiger partial charge in [-0.1, -0.05) is 12.1 Å². The molecule has 0 radical (unpaired) electrons. The second kappa shape index (κ2) is 6.55. The Kier molecular flexibility index (Phi) is 4.45. The number of pyridine rings is 1. The minimum absolute atomic E-state index is 0.0153. The fraction of sp³-hybridized carbons (Fsp3) is 0.238. The molecule has 0 saturated carbocycles. The SMILES string of the molecule is Cc1cc(C)cc(NC(=O)Cn2ccc(=O)c3c(C)cc(C)cc32)c1. The van der Waals surface area contributed by atoms with Crippen molar-refractivity contribution in [1.82, 2.24) is 4.57 Å². The molecule has 0 aliphatic heterocycles. The third-order valence-corrected chi connectivity index (χ3v) is 4.24. The zero-order valence-corrected chi connectivity index (χ0v) is 15.0. The lowest BCUT2D eigenvalue weighted by molar-refractivity contribution is -0.116. The number of hydrogen-bond acceptors (Lipinski definition) is 2. The lowest BCUT2D eigenvalue weighted by Crippen LogP contribution is -2.20. The van der Waals surface area contributed by atoms with Crippen molar-refractivity contribution in [3.63, 3.8) is 0 Å². The number of anilines is 1. The molecule has 3 rings (SSSR count). The molecule has 0 bridgehead atoms. The summed E-state index contributed by atoms with van der Waals surface area (Å²) in [5.41, 5.74) is 5.79. The van der Waals surface area contributed by atoms with Gasteiger partial charge in [0.25, 0.3) is 0 Å². The van der Waals surface area contributed by atoms with Crippen LogP contribution >= 0.6 is 0 Å². The number of aryl methyl sites for hydroxylation is 4. The van der Waals surface area contributed by atoms with E-state index in [0.29, 0.717) is 5.39 Å². The van der Waals surface area contributed by atoms with E-state index in [1.807, 2.05) is 56.5 Å². The van der Waals surface area contributed by atoms with Crippen molar-refractivity contribution >= 4 is 22.5 Å². The van der Waals surface area contributed by atoms with Crippen LogP contribution in [0.3, 0.4) is 0 Å². The van der Waals surface area contributed by atoms with Crippen LogP contribution in [0.5, 0.6) is 0 Å². The van der Waals surface area contributed by atoms with Gasteiger partial charge in [0.2, 0.25) is 5.91 Å². The summed E-state index contributed by atoms with van der Waals surface area (Å²) >= 11 is 0. The van der Waals surface area contributed by atoms with Crippen LogP contribution in [0.25, 0.3) is 10.9 Å². The highest BCUT2D eigenvalue weighted by molar-refractivity contribution is 5.92. The average Bonchev–Trinajstić information content (AvgIpc) is 2.48. The third-order valence-electron chi connectivity index (χ3n) is 4.24. The van der Waals surface area contributed by atoms with Crippen molar-refractivity contribution in [2.75, 3.05) is 5.32 Å². The summed E-state index contributed by atoms with van der Waals surface area (Å²) in [6.07, 6.45) is 1.69. The van der Waals surface area contributed by atoms with Crippen LogP contribution in [-0.2, 0) is 11.3 Å². The topological polar surface area (TPSA) is 51.1 Å². The van der Waals surface area contributed by atoms with E-state index < -0.39 is 0 Å². The van der Waals surface area contributed by atoms with Crippen LogP contribution < -0.4 is 10.7 Å². The summed E-state index contributed by atoms with van der Waals surface area (Å²) < 4.78 is 1.83. The lowest BCUT2D eigenvalue weighted by atomic mass is 10.1. The van der Waals surface area contributed by atoms with Gasteiger partial charge in [0.15, 0.2) is 5.43 Å². The molecule has 1 amide bonds. The number of nitrogens with one attached hydrogen (secondary N) is 1. The molecule has 0 aliphatic carbocycles. The summed E-state index contributed by atoms with van der Waals surface area (Å²) in [4.78, 5) is 24.7. The zero-order valence-electron chi connectivity index (χ0n) is 15.0. The first kappa shape index (κ1) is 17.0. The van der Waals surface area contributed by atoms with Crippen molar-refractivity contribution < 1.29 is 4.79 Å². The molecule has 0 aliphatic rings. The van der Waals surface area contributed by atoms with Gasteiger partial charge < -0.3 is 9.88 Å². The highest BCUT2D eigenvalue weighted by Crippen LogP contribution is 2.18. The van der Waals surface area contributed by atoms with Crippen LogP contribution in [0.4, 0.5) is 5.69 Å². The maximum atomic E-state index is 12.5. The second-order valence-electron chi connectivity index (χ2n) is 6.71. The van der Waals surface area contributed by atoms with Crippen LogP contribution in [0.15, 0.2) is 47.4 Å². The van der Waals surface area contributed by atoms with Crippen LogP contribution in [0, 0.1) is 27.7 Å². The molecule has 2 aromatic carbocycles. The van der Waals surface area contributed by atoms with Crippen molar-refractivity contribution in [2.45, 2.75) is 34.2 Å². The zero-order chi connectivity index (χ0) is 18.1. The molecule has 3 aromatic rings. The lowest BCUT2D eigenvalue weighted by Gasteiger charge is -2.13. The number of carbonyl (C=O) groups is 1. The van der Waals surface area contributed by atoms with E-state index in [9.17, 15) is 9.59 Å². The van der Waals surface area contributed by atoms with Gasteiger partial charge in [0, 0.05) is 23.3 Å². The number of aromatic nitrogens is 1. The maximum absolute atomic E-state index is 12.5. The molecule has 4 heteroatoms. The van der Waals surface area contributed by atoms with Gasteiger partial charge >= 0.3 is 0 Å². The number of fused-ring (bicyclic) bond motifs is 1. The summed E-state index contributed by atoms with van der Waals surface area (Å²) in [6.45, 7) is 8.08. The highest BCUT2D eigenvalue weighted by Gasteiger charge is 2.10. The molecule has 0 fully saturated rings. The van der Waals surface area contributed by atoms with Crippen molar-refractivity contribution in [1.29, 1.82) is 0 Å². The Labute approximate surface area is 147 Å². The molecule has 0 spiro atoms. The minimum Gasteiger partial charge on any atom is -0.338 e. The van der Waals surface area contributed by atoms with Crippen LogP contribution in [-0.4, -0.2) is 10.5 Å². The molecule has 1 heterocycles. The van der Waals surface area contributed by atoms with Gasteiger partial charge in [-0.15, -0.1) is 0 Å². The first-order valence-electron chi connectivity index (χ1n) is 8.32. The monoisotopic (exact) mass is 334 g/mol. The maximum Gasteiger partial charge on any atom is 0.244 e. The second-order valence-corrected chi connectivity index (χ2v) is 6.71. The first-order valence-corrected chi connectivity index (χ1v) is 8.32. The van der Waals surface area contributed by atoms with Gasteiger partial charge in [-0.3, -0.25) is 9.59 Å². The Morgan fingerprint density at radius 3 is 2.28 bits per heavy atom. The first-order chi connectivity index (χ1) is 11.8. The van der Waals surface area contributed by atoms with Crippen molar-refractivity contribution in [2.24, 2.45) is 0 Å². The summed E-state index contributed by atoms with van der Waals surface area (Å²) in [6, 6.07) is 11.4. The summed E-state index contributed by atoms with van der Waals surface area (Å²) in [5, 5.41) is 3.62. The normalized spacial score (nSPS) is 10.9. The molecule has 0 saturated heterocycles. The van der Waals surface area contributed by atoms with Crippen molar-refractivity contribution in [3.8, 4) is 0 Å². The molecular formula is C21H22N2O2. The number of nitrogens with zero attached hydrogens (tertiary/aromatic N) is 1. The van der Waals surface area contributed by atoms with E-state index in [4.69, 9.17) is 0 Å². The molecule has 4 nitrogen and oxygen atoms in total. The van der Waals surface area contributed by atoms with Crippen molar-refractivity contribution in [3.05, 3.63) is 75.1 Å².